The molecule has 1 aliphatic rings. The number of nitrogens with one attached hydrogen (secondary N) is 1. The number of H-pyrrole nitrogens is 1. The molecular formula is C21H17N3O2. The van der Waals surface area contributed by atoms with Crippen LogP contribution in [-0.4, -0.2) is 23.3 Å². The van der Waals surface area contributed by atoms with Crippen LogP contribution in [0.25, 0.3) is 22.3 Å². The molecule has 1 N–H and O–H groups in total. The number of aromatic amines is 1. The van der Waals surface area contributed by atoms with Gasteiger partial charge in [-0.25, -0.2) is 4.79 Å². The second-order valence-electron chi connectivity index (χ2n) is 6.50. The summed E-state index contributed by atoms with van der Waals surface area (Å²) in [4.78, 5) is 11.8. The zero-order chi connectivity index (χ0) is 18.1. The molecule has 3 aromatic rings. The normalized spacial score (nSPS) is 14.5. The largest absolute Gasteiger partial charge is 0.464 e. The fourth-order valence-corrected chi connectivity index (χ4v) is 3.18. The Labute approximate surface area is 151 Å². The summed E-state index contributed by atoms with van der Waals surface area (Å²) in [5.41, 5.74) is 4.95. The highest BCUT2D eigenvalue weighted by atomic mass is 16.5. The van der Waals surface area contributed by atoms with E-state index in [0.717, 1.165) is 35.1 Å². The predicted octanol–water partition coefficient (Wildman–Crippen LogP) is 4.09. The van der Waals surface area contributed by atoms with E-state index in [0.29, 0.717) is 11.3 Å². The van der Waals surface area contributed by atoms with Crippen molar-refractivity contribution in [2.45, 2.75) is 18.3 Å². The first-order chi connectivity index (χ1) is 12.7. The van der Waals surface area contributed by atoms with Gasteiger partial charge in [0.2, 0.25) is 0 Å². The van der Waals surface area contributed by atoms with Gasteiger partial charge >= 0.3 is 5.97 Å². The summed E-state index contributed by atoms with van der Waals surface area (Å²) in [6, 6.07) is 18.6. The van der Waals surface area contributed by atoms with Gasteiger partial charge in [-0.05, 0) is 35.1 Å². The third-order valence-electron chi connectivity index (χ3n) is 4.96. The molecule has 0 atom stereocenters. The van der Waals surface area contributed by atoms with Gasteiger partial charge in [-0.1, -0.05) is 48.5 Å². The molecule has 0 saturated heterocycles. The van der Waals surface area contributed by atoms with Crippen molar-refractivity contribution in [1.82, 2.24) is 10.2 Å². The summed E-state index contributed by atoms with van der Waals surface area (Å²) in [6.45, 7) is 0. The van der Waals surface area contributed by atoms with E-state index in [-0.39, 0.29) is 5.41 Å². The number of nitrogens with zero attached hydrogens (tertiary/aromatic N) is 2. The number of rotatable bonds is 4. The highest BCUT2D eigenvalue weighted by molar-refractivity contribution is 5.95. The van der Waals surface area contributed by atoms with Crippen LogP contribution in [0.15, 0.2) is 54.7 Å². The van der Waals surface area contributed by atoms with Gasteiger partial charge in [-0.3, -0.25) is 5.10 Å². The van der Waals surface area contributed by atoms with Crippen LogP contribution < -0.4 is 0 Å². The number of ether oxygens (including phenoxy) is 1. The van der Waals surface area contributed by atoms with E-state index >= 15 is 0 Å². The molecule has 4 rings (SSSR count). The summed E-state index contributed by atoms with van der Waals surface area (Å²) >= 11 is 0. The quantitative estimate of drug-likeness (QED) is 0.724. The minimum atomic E-state index is -0.441. The lowest BCUT2D eigenvalue weighted by molar-refractivity contribution is 0.0595. The van der Waals surface area contributed by atoms with Gasteiger partial charge < -0.3 is 4.74 Å². The van der Waals surface area contributed by atoms with Crippen LogP contribution in [0.5, 0.6) is 0 Å². The molecular weight excluding hydrogens is 326 g/mol. The fourth-order valence-electron chi connectivity index (χ4n) is 3.18. The lowest BCUT2D eigenvalue weighted by Crippen LogP contribution is -2.03. The van der Waals surface area contributed by atoms with Gasteiger partial charge in [-0.2, -0.15) is 10.4 Å². The average Bonchev–Trinajstić information content (AvgIpc) is 3.36. The van der Waals surface area contributed by atoms with Crippen molar-refractivity contribution in [2.75, 3.05) is 7.11 Å². The van der Waals surface area contributed by atoms with Gasteiger partial charge in [0.05, 0.1) is 24.8 Å². The van der Waals surface area contributed by atoms with Gasteiger partial charge in [0.15, 0.2) is 5.69 Å². The summed E-state index contributed by atoms with van der Waals surface area (Å²) < 4.78 is 4.77. The molecule has 0 aliphatic heterocycles. The standard InChI is InChI=1S/C21H17N3O2/c1-26-20(25)19-18(12-23-24-19)16-4-2-14(3-5-16)15-6-8-17(9-7-15)21(13-22)10-11-21/h2-9,12H,10-11H2,1H3,(H,23,24). The molecule has 128 valence electrons. The number of benzene rings is 2. The van der Waals surface area contributed by atoms with Crippen molar-refractivity contribution in [1.29, 1.82) is 5.26 Å². The Bertz CT molecular complexity index is 991. The molecule has 5 nitrogen and oxygen atoms in total. The van der Waals surface area contributed by atoms with E-state index in [9.17, 15) is 10.1 Å². The van der Waals surface area contributed by atoms with Crippen molar-refractivity contribution >= 4 is 5.97 Å². The van der Waals surface area contributed by atoms with Crippen molar-refractivity contribution in [3.63, 3.8) is 0 Å². The van der Waals surface area contributed by atoms with Crippen molar-refractivity contribution in [2.24, 2.45) is 0 Å². The Morgan fingerprint density at radius 2 is 1.65 bits per heavy atom. The molecule has 1 aromatic heterocycles. The number of hydrogen-bond donors (Lipinski definition) is 1. The molecule has 0 radical (unpaired) electrons. The van der Waals surface area contributed by atoms with Crippen LogP contribution in [0.4, 0.5) is 0 Å². The number of esters is 1. The number of aromatic nitrogens is 2. The molecule has 1 heterocycles. The summed E-state index contributed by atoms with van der Waals surface area (Å²) in [6.07, 6.45) is 3.52. The monoisotopic (exact) mass is 343 g/mol. The van der Waals surface area contributed by atoms with E-state index in [4.69, 9.17) is 4.74 Å². The number of nitriles is 1. The van der Waals surface area contributed by atoms with E-state index in [1.54, 1.807) is 6.20 Å². The van der Waals surface area contributed by atoms with E-state index in [2.05, 4.69) is 28.4 Å². The Kier molecular flexibility index (Phi) is 3.81. The van der Waals surface area contributed by atoms with Gasteiger partial charge in [0, 0.05) is 5.56 Å². The van der Waals surface area contributed by atoms with Crippen LogP contribution in [-0.2, 0) is 10.2 Å². The van der Waals surface area contributed by atoms with Crippen LogP contribution in [0, 0.1) is 11.3 Å². The van der Waals surface area contributed by atoms with Gasteiger partial charge in [0.1, 0.15) is 0 Å². The molecule has 0 bridgehead atoms. The smallest absolute Gasteiger partial charge is 0.356 e. The SMILES string of the molecule is COC(=O)c1[nH]ncc1-c1ccc(-c2ccc(C3(C#N)CC3)cc2)cc1. The first-order valence-electron chi connectivity index (χ1n) is 8.41. The van der Waals surface area contributed by atoms with Crippen LogP contribution >= 0.6 is 0 Å². The summed E-state index contributed by atoms with van der Waals surface area (Å²) in [5.74, 6) is -0.441. The Morgan fingerprint density at radius 3 is 2.19 bits per heavy atom. The third kappa shape index (κ3) is 2.66. The molecule has 26 heavy (non-hydrogen) atoms. The Balaban J connectivity index is 1.60. The third-order valence-corrected chi connectivity index (χ3v) is 4.96. The first kappa shape index (κ1) is 16.1. The topological polar surface area (TPSA) is 78.8 Å². The number of carbonyl (C=O) groups excluding carboxylic acids is 1. The van der Waals surface area contributed by atoms with Crippen molar-refractivity contribution in [3.8, 4) is 28.3 Å². The summed E-state index contributed by atoms with van der Waals surface area (Å²) in [7, 11) is 1.35. The van der Waals surface area contributed by atoms with Crippen molar-refractivity contribution < 1.29 is 9.53 Å². The highest BCUT2D eigenvalue weighted by Crippen LogP contribution is 2.47. The number of carbonyl (C=O) groups is 1. The number of methoxy groups -OCH3 is 1. The maximum Gasteiger partial charge on any atom is 0.356 e. The zero-order valence-corrected chi connectivity index (χ0v) is 14.3. The Hall–Kier alpha value is -3.39. The van der Waals surface area contributed by atoms with E-state index in [1.165, 1.54) is 7.11 Å². The molecule has 1 aliphatic carbocycles. The fraction of sp³-hybridized carbons (Fsp3) is 0.190. The molecule has 2 aromatic carbocycles. The highest BCUT2D eigenvalue weighted by Gasteiger charge is 2.44. The van der Waals surface area contributed by atoms with Crippen LogP contribution in [0.2, 0.25) is 0 Å². The predicted molar refractivity (Wildman–Crippen MR) is 97.3 cm³/mol. The molecule has 0 unspecified atom stereocenters. The zero-order valence-electron chi connectivity index (χ0n) is 14.3. The summed E-state index contributed by atoms with van der Waals surface area (Å²) in [5, 5.41) is 15.9. The second kappa shape index (κ2) is 6.16. The Morgan fingerprint density at radius 1 is 1.08 bits per heavy atom. The van der Waals surface area contributed by atoms with Crippen molar-refractivity contribution in [3.05, 3.63) is 66.0 Å². The van der Waals surface area contributed by atoms with Gasteiger partial charge in [-0.15, -0.1) is 0 Å². The lowest BCUT2D eigenvalue weighted by Gasteiger charge is -2.08. The lowest BCUT2D eigenvalue weighted by atomic mass is 9.94. The van der Waals surface area contributed by atoms with Crippen LogP contribution in [0.1, 0.15) is 28.9 Å². The number of hydrogen-bond acceptors (Lipinski definition) is 4. The maximum absolute atomic E-state index is 11.8. The average molecular weight is 343 g/mol. The maximum atomic E-state index is 11.8. The second-order valence-corrected chi connectivity index (χ2v) is 6.50. The molecule has 5 heteroatoms. The van der Waals surface area contributed by atoms with E-state index in [1.807, 2.05) is 36.4 Å². The van der Waals surface area contributed by atoms with E-state index < -0.39 is 5.97 Å². The molecule has 1 fully saturated rings. The molecule has 0 amide bonds. The minimum absolute atomic E-state index is 0.256. The van der Waals surface area contributed by atoms with Crippen LogP contribution in [0.3, 0.4) is 0 Å². The minimum Gasteiger partial charge on any atom is -0.464 e. The molecule has 0 spiro atoms. The van der Waals surface area contributed by atoms with Gasteiger partial charge in [0.25, 0.3) is 0 Å². The first-order valence-corrected chi connectivity index (χ1v) is 8.41. The molecule has 1 saturated carbocycles.